The molecule has 2 saturated heterocycles. The molecule has 8 heteroatoms. The molecule has 4 rings (SSSR count). The zero-order chi connectivity index (χ0) is 21.1. The number of aryl methyl sites for hydroxylation is 1. The van der Waals surface area contributed by atoms with Crippen molar-refractivity contribution in [3.8, 4) is 5.88 Å². The van der Waals surface area contributed by atoms with Crippen LogP contribution in [0.25, 0.3) is 0 Å². The molecule has 3 heterocycles. The molecule has 1 atom stereocenters. The first-order valence-electron chi connectivity index (χ1n) is 10.1. The molecule has 30 heavy (non-hydrogen) atoms. The lowest BCUT2D eigenvalue weighted by Gasteiger charge is -2.23. The van der Waals surface area contributed by atoms with Gasteiger partial charge >= 0.3 is 0 Å². The number of pyridine rings is 1. The Morgan fingerprint density at radius 1 is 1.27 bits per heavy atom. The quantitative estimate of drug-likeness (QED) is 0.789. The minimum Gasteiger partial charge on any atom is -0.473 e. The van der Waals surface area contributed by atoms with E-state index < -0.39 is 0 Å². The number of aromatic nitrogens is 1. The van der Waals surface area contributed by atoms with Crippen LogP contribution in [0.15, 0.2) is 36.5 Å². The fraction of sp³-hybridized carbons (Fsp3) is 0.409. The van der Waals surface area contributed by atoms with E-state index in [-0.39, 0.29) is 35.4 Å². The fourth-order valence-electron chi connectivity index (χ4n) is 3.64. The molecule has 7 nitrogen and oxygen atoms in total. The van der Waals surface area contributed by atoms with E-state index in [0.29, 0.717) is 31.2 Å². The number of nitrogens with zero attached hydrogens (tertiary/aromatic N) is 2. The summed E-state index contributed by atoms with van der Waals surface area (Å²) in [6.45, 7) is 3.74. The topological polar surface area (TPSA) is 80.8 Å². The first-order chi connectivity index (χ1) is 14.5. The summed E-state index contributed by atoms with van der Waals surface area (Å²) in [6.07, 6.45) is 3.29. The summed E-state index contributed by atoms with van der Waals surface area (Å²) in [6, 6.07) is 9.03. The summed E-state index contributed by atoms with van der Waals surface area (Å²) < 4.78 is 11.1. The summed E-state index contributed by atoms with van der Waals surface area (Å²) in [5, 5.41) is 3.20. The molecule has 0 aliphatic carbocycles. The zero-order valence-electron chi connectivity index (χ0n) is 16.8. The average Bonchev–Trinajstić information content (AvgIpc) is 3.10. The van der Waals surface area contributed by atoms with Crippen LogP contribution in [0, 0.1) is 6.92 Å². The van der Waals surface area contributed by atoms with Crippen LogP contribution in [0.5, 0.6) is 5.88 Å². The number of rotatable bonds is 5. The van der Waals surface area contributed by atoms with E-state index in [1.165, 1.54) is 6.20 Å². The molecule has 2 fully saturated rings. The third-order valence-corrected chi connectivity index (χ3v) is 5.59. The summed E-state index contributed by atoms with van der Waals surface area (Å²) >= 11 is 6.29. The molecule has 2 aliphatic rings. The Balaban J connectivity index is 1.37. The molecule has 2 amide bonds. The van der Waals surface area contributed by atoms with Crippen LogP contribution in [-0.2, 0) is 9.53 Å². The van der Waals surface area contributed by atoms with E-state index in [4.69, 9.17) is 21.1 Å². The van der Waals surface area contributed by atoms with Crippen molar-refractivity contribution in [2.45, 2.75) is 38.3 Å². The van der Waals surface area contributed by atoms with Gasteiger partial charge in [0.2, 0.25) is 11.8 Å². The summed E-state index contributed by atoms with van der Waals surface area (Å²) in [5.74, 6) is -0.00667. The maximum absolute atomic E-state index is 12.7. The fourth-order valence-corrected chi connectivity index (χ4v) is 3.85. The van der Waals surface area contributed by atoms with Gasteiger partial charge in [-0.1, -0.05) is 29.3 Å². The highest BCUT2D eigenvalue weighted by molar-refractivity contribution is 6.32. The second-order valence-electron chi connectivity index (χ2n) is 7.65. The van der Waals surface area contributed by atoms with Gasteiger partial charge in [-0.2, -0.15) is 0 Å². The van der Waals surface area contributed by atoms with Gasteiger partial charge in [0.1, 0.15) is 11.1 Å². The Hall–Kier alpha value is -2.64. The van der Waals surface area contributed by atoms with Crippen LogP contribution in [-0.4, -0.2) is 48.7 Å². The number of carbonyl (C=O) groups is 2. The Labute approximate surface area is 180 Å². The number of amides is 2. The van der Waals surface area contributed by atoms with Crippen molar-refractivity contribution >= 4 is 29.1 Å². The van der Waals surface area contributed by atoms with Crippen molar-refractivity contribution in [1.29, 1.82) is 0 Å². The Morgan fingerprint density at radius 2 is 2.00 bits per heavy atom. The molecule has 1 unspecified atom stereocenters. The number of nitrogens with one attached hydrogen (secondary N) is 1. The number of ether oxygens (including phenoxy) is 2. The van der Waals surface area contributed by atoms with Crippen LogP contribution in [0.2, 0.25) is 5.02 Å². The summed E-state index contributed by atoms with van der Waals surface area (Å²) in [7, 11) is 0. The van der Waals surface area contributed by atoms with Crippen LogP contribution < -0.4 is 15.0 Å². The molecular weight excluding hydrogens is 406 g/mol. The first-order valence-corrected chi connectivity index (χ1v) is 10.5. The number of hydrogen-bond acceptors (Lipinski definition) is 5. The van der Waals surface area contributed by atoms with Crippen molar-refractivity contribution < 1.29 is 19.1 Å². The van der Waals surface area contributed by atoms with Gasteiger partial charge in [-0.15, -0.1) is 0 Å². The standard InChI is InChI=1S/C22H24ClN3O4/c1-14-2-4-17(5-3-14)26-13-16(11-20(26)27)25-21(28)15-10-19(23)22(24-12-15)30-18-6-8-29-9-7-18/h2-5,10,12,16,18H,6-9,11,13H2,1H3,(H,25,28). The van der Waals surface area contributed by atoms with E-state index in [2.05, 4.69) is 10.3 Å². The van der Waals surface area contributed by atoms with Crippen molar-refractivity contribution in [2.24, 2.45) is 0 Å². The molecule has 1 aromatic carbocycles. The van der Waals surface area contributed by atoms with Gasteiger partial charge < -0.3 is 19.7 Å². The molecule has 2 aromatic rings. The molecule has 0 spiro atoms. The lowest BCUT2D eigenvalue weighted by Crippen LogP contribution is -2.37. The minimum atomic E-state index is -0.314. The minimum absolute atomic E-state index is 0.0134. The molecule has 1 aromatic heterocycles. The van der Waals surface area contributed by atoms with Gasteiger partial charge in [0.15, 0.2) is 0 Å². The maximum atomic E-state index is 12.7. The smallest absolute Gasteiger partial charge is 0.253 e. The van der Waals surface area contributed by atoms with Crippen molar-refractivity contribution in [1.82, 2.24) is 10.3 Å². The SMILES string of the molecule is Cc1ccc(N2CC(NC(=O)c3cnc(OC4CCOCC4)c(Cl)c3)CC2=O)cc1. The van der Waals surface area contributed by atoms with Gasteiger partial charge in [-0.25, -0.2) is 4.98 Å². The Kier molecular flexibility index (Phi) is 6.20. The zero-order valence-corrected chi connectivity index (χ0v) is 17.5. The predicted octanol–water partition coefficient (Wildman–Crippen LogP) is 3.14. The van der Waals surface area contributed by atoms with E-state index >= 15 is 0 Å². The van der Waals surface area contributed by atoms with E-state index in [1.807, 2.05) is 31.2 Å². The molecule has 0 saturated carbocycles. The van der Waals surface area contributed by atoms with Crippen molar-refractivity contribution in [3.63, 3.8) is 0 Å². The molecular formula is C22H24ClN3O4. The van der Waals surface area contributed by atoms with Gasteiger partial charge in [0.05, 0.1) is 24.8 Å². The first kappa shape index (κ1) is 20.6. The summed E-state index contributed by atoms with van der Waals surface area (Å²) in [4.78, 5) is 31.0. The van der Waals surface area contributed by atoms with Crippen molar-refractivity contribution in [3.05, 3.63) is 52.7 Å². The molecule has 0 radical (unpaired) electrons. The average molecular weight is 430 g/mol. The molecule has 2 aliphatic heterocycles. The highest BCUT2D eigenvalue weighted by atomic mass is 35.5. The second kappa shape index (κ2) is 9.02. The summed E-state index contributed by atoms with van der Waals surface area (Å²) in [5.41, 5.74) is 2.30. The van der Waals surface area contributed by atoms with Crippen LogP contribution in [0.3, 0.4) is 0 Å². The van der Waals surface area contributed by atoms with Gasteiger partial charge in [0, 0.05) is 37.7 Å². The van der Waals surface area contributed by atoms with E-state index in [9.17, 15) is 9.59 Å². The number of carbonyl (C=O) groups excluding carboxylic acids is 2. The predicted molar refractivity (Wildman–Crippen MR) is 113 cm³/mol. The number of halogens is 1. The third kappa shape index (κ3) is 4.74. The van der Waals surface area contributed by atoms with Crippen LogP contribution in [0.1, 0.15) is 35.2 Å². The third-order valence-electron chi connectivity index (χ3n) is 5.32. The van der Waals surface area contributed by atoms with Gasteiger partial charge in [-0.05, 0) is 25.1 Å². The maximum Gasteiger partial charge on any atom is 0.253 e. The van der Waals surface area contributed by atoms with E-state index in [1.54, 1.807) is 11.0 Å². The number of hydrogen-bond donors (Lipinski definition) is 1. The number of anilines is 1. The Bertz CT molecular complexity index is 928. The van der Waals surface area contributed by atoms with E-state index in [0.717, 1.165) is 24.1 Å². The van der Waals surface area contributed by atoms with Crippen LogP contribution >= 0.6 is 11.6 Å². The lowest BCUT2D eigenvalue weighted by molar-refractivity contribution is -0.117. The highest BCUT2D eigenvalue weighted by Crippen LogP contribution is 2.26. The van der Waals surface area contributed by atoms with Gasteiger partial charge in [-0.3, -0.25) is 9.59 Å². The second-order valence-corrected chi connectivity index (χ2v) is 8.06. The normalized spacial score (nSPS) is 19.7. The van der Waals surface area contributed by atoms with Gasteiger partial charge in [0.25, 0.3) is 5.91 Å². The monoisotopic (exact) mass is 429 g/mol. The largest absolute Gasteiger partial charge is 0.473 e. The molecule has 1 N–H and O–H groups in total. The van der Waals surface area contributed by atoms with Crippen molar-refractivity contribution in [2.75, 3.05) is 24.7 Å². The highest BCUT2D eigenvalue weighted by Gasteiger charge is 2.32. The molecule has 0 bridgehead atoms. The lowest BCUT2D eigenvalue weighted by atomic mass is 10.1. The Morgan fingerprint density at radius 3 is 2.70 bits per heavy atom. The van der Waals surface area contributed by atoms with Crippen LogP contribution in [0.4, 0.5) is 5.69 Å². The number of benzene rings is 1. The molecule has 158 valence electrons.